The van der Waals surface area contributed by atoms with E-state index >= 15 is 0 Å². The Morgan fingerprint density at radius 3 is 2.60 bits per heavy atom. The Bertz CT molecular complexity index is 491. The Kier molecular flexibility index (Phi) is 3.94. The summed E-state index contributed by atoms with van der Waals surface area (Å²) >= 11 is 1.31. The zero-order chi connectivity index (χ0) is 14.1. The molecule has 2 fully saturated rings. The van der Waals surface area contributed by atoms with Crippen molar-refractivity contribution in [2.75, 3.05) is 13.1 Å². The highest BCUT2D eigenvalue weighted by Gasteiger charge is 2.30. The molecule has 0 radical (unpaired) electrons. The minimum atomic E-state index is -0.445. The van der Waals surface area contributed by atoms with Gasteiger partial charge in [0.1, 0.15) is 6.10 Å². The first kappa shape index (κ1) is 13.8. The summed E-state index contributed by atoms with van der Waals surface area (Å²) in [7, 11) is 0. The third-order valence-corrected chi connectivity index (χ3v) is 5.22. The van der Waals surface area contributed by atoms with Gasteiger partial charge in [-0.05, 0) is 52.1 Å². The van der Waals surface area contributed by atoms with E-state index in [-0.39, 0.29) is 6.10 Å². The lowest BCUT2D eigenvalue weighted by atomic mass is 9.90. The highest BCUT2D eigenvalue weighted by atomic mass is 32.1. The van der Waals surface area contributed by atoms with E-state index in [0.29, 0.717) is 10.8 Å². The maximum atomic E-state index is 11.4. The number of nitrogens with two attached hydrogens (primary N) is 1. The molecule has 0 atom stereocenters. The van der Waals surface area contributed by atoms with Gasteiger partial charge in [0.2, 0.25) is 5.88 Å². The third-order valence-electron chi connectivity index (χ3n) is 4.26. The summed E-state index contributed by atoms with van der Waals surface area (Å²) in [5, 5.41) is 0.822. The second-order valence-electron chi connectivity index (χ2n) is 5.67. The van der Waals surface area contributed by atoms with Gasteiger partial charge >= 0.3 is 0 Å². The molecular formula is C14H21N3O2S. The molecule has 110 valence electrons. The minimum Gasteiger partial charge on any atom is -0.473 e. The van der Waals surface area contributed by atoms with Gasteiger partial charge in [-0.2, -0.15) is 0 Å². The van der Waals surface area contributed by atoms with Gasteiger partial charge in [0.25, 0.3) is 5.91 Å². The maximum absolute atomic E-state index is 11.4. The number of aryl methyl sites for hydroxylation is 1. The molecule has 1 aliphatic carbocycles. The van der Waals surface area contributed by atoms with E-state index in [1.54, 1.807) is 0 Å². The van der Waals surface area contributed by atoms with E-state index in [9.17, 15) is 4.79 Å². The van der Waals surface area contributed by atoms with Gasteiger partial charge in [0, 0.05) is 6.04 Å². The Balaban J connectivity index is 1.58. The lowest BCUT2D eigenvalue weighted by Crippen LogP contribution is -2.47. The molecule has 1 saturated heterocycles. The number of ether oxygens (including phenoxy) is 1. The highest BCUT2D eigenvalue weighted by Crippen LogP contribution is 2.31. The van der Waals surface area contributed by atoms with Crippen LogP contribution in [0.25, 0.3) is 0 Å². The van der Waals surface area contributed by atoms with Gasteiger partial charge in [0.15, 0.2) is 4.88 Å². The van der Waals surface area contributed by atoms with Crippen molar-refractivity contribution in [3.05, 3.63) is 9.88 Å². The van der Waals surface area contributed by atoms with Crippen LogP contribution in [0.3, 0.4) is 0 Å². The van der Waals surface area contributed by atoms with Crippen LogP contribution in [0.2, 0.25) is 0 Å². The average molecular weight is 295 g/mol. The van der Waals surface area contributed by atoms with E-state index < -0.39 is 5.91 Å². The molecule has 0 spiro atoms. The van der Waals surface area contributed by atoms with Crippen molar-refractivity contribution in [1.29, 1.82) is 0 Å². The predicted octanol–water partition coefficient (Wildman–Crippen LogP) is 1.95. The van der Waals surface area contributed by atoms with Gasteiger partial charge in [0.05, 0.1) is 5.01 Å². The lowest BCUT2D eigenvalue weighted by molar-refractivity contribution is 0.0519. The minimum absolute atomic E-state index is 0.173. The summed E-state index contributed by atoms with van der Waals surface area (Å²) in [6.45, 7) is 4.38. The van der Waals surface area contributed by atoms with E-state index in [2.05, 4.69) is 9.88 Å². The summed E-state index contributed by atoms with van der Waals surface area (Å²) in [4.78, 5) is 18.7. The number of carbonyl (C=O) groups is 1. The topological polar surface area (TPSA) is 68.4 Å². The van der Waals surface area contributed by atoms with Crippen LogP contribution in [0.15, 0.2) is 0 Å². The zero-order valence-electron chi connectivity index (χ0n) is 11.8. The Labute approximate surface area is 123 Å². The molecule has 1 aliphatic heterocycles. The number of primary amides is 1. The number of amides is 1. The van der Waals surface area contributed by atoms with E-state index in [1.165, 1.54) is 43.7 Å². The van der Waals surface area contributed by atoms with E-state index in [1.807, 2.05) is 6.92 Å². The maximum Gasteiger partial charge on any atom is 0.264 e. The van der Waals surface area contributed by atoms with Gasteiger partial charge in [-0.15, -0.1) is 11.3 Å². The van der Waals surface area contributed by atoms with Crippen molar-refractivity contribution in [2.24, 2.45) is 5.73 Å². The average Bonchev–Trinajstić information content (AvgIpc) is 2.71. The second kappa shape index (κ2) is 5.69. The van der Waals surface area contributed by atoms with Crippen molar-refractivity contribution in [3.63, 3.8) is 0 Å². The monoisotopic (exact) mass is 295 g/mol. The molecule has 2 heterocycles. The normalized spacial score (nSPS) is 27.1. The molecule has 6 heteroatoms. The summed E-state index contributed by atoms with van der Waals surface area (Å²) in [6.07, 6.45) is 5.95. The van der Waals surface area contributed by atoms with Gasteiger partial charge in [-0.1, -0.05) is 0 Å². The van der Waals surface area contributed by atoms with Crippen LogP contribution in [0, 0.1) is 6.92 Å². The van der Waals surface area contributed by atoms with E-state index in [0.717, 1.165) is 23.9 Å². The molecule has 1 aromatic rings. The fraction of sp³-hybridized carbons (Fsp3) is 0.714. The molecule has 1 saturated carbocycles. The van der Waals surface area contributed by atoms with Crippen LogP contribution in [0.4, 0.5) is 0 Å². The van der Waals surface area contributed by atoms with Gasteiger partial charge < -0.3 is 15.4 Å². The molecule has 2 aliphatic rings. The summed E-state index contributed by atoms with van der Waals surface area (Å²) in [5.74, 6) is -0.00716. The quantitative estimate of drug-likeness (QED) is 0.922. The predicted molar refractivity (Wildman–Crippen MR) is 78.2 cm³/mol. The summed E-state index contributed by atoms with van der Waals surface area (Å²) in [5.41, 5.74) is 5.37. The summed E-state index contributed by atoms with van der Waals surface area (Å²) in [6, 6.07) is 0.733. The van der Waals surface area contributed by atoms with Crippen LogP contribution >= 0.6 is 11.3 Å². The fourth-order valence-corrected chi connectivity index (χ4v) is 3.74. The van der Waals surface area contributed by atoms with Crippen molar-refractivity contribution in [2.45, 2.75) is 51.2 Å². The molecule has 0 bridgehead atoms. The van der Waals surface area contributed by atoms with Crippen LogP contribution < -0.4 is 10.5 Å². The number of thiazole rings is 1. The fourth-order valence-electron chi connectivity index (χ4n) is 3.04. The molecule has 1 aromatic heterocycles. The molecule has 1 amide bonds. The van der Waals surface area contributed by atoms with Crippen LogP contribution in [-0.2, 0) is 0 Å². The molecule has 2 N–H and O–H groups in total. The van der Waals surface area contributed by atoms with Crippen molar-refractivity contribution in [1.82, 2.24) is 9.88 Å². The lowest BCUT2D eigenvalue weighted by Gasteiger charge is -2.41. The second-order valence-corrected chi connectivity index (χ2v) is 6.87. The van der Waals surface area contributed by atoms with Gasteiger partial charge in [-0.3, -0.25) is 4.79 Å². The zero-order valence-corrected chi connectivity index (χ0v) is 12.6. The number of aromatic nitrogens is 1. The largest absolute Gasteiger partial charge is 0.473 e. The van der Waals surface area contributed by atoms with Crippen molar-refractivity contribution in [3.8, 4) is 5.88 Å². The van der Waals surface area contributed by atoms with Crippen LogP contribution in [-0.4, -0.2) is 41.0 Å². The number of likely N-dealkylation sites (tertiary alicyclic amines) is 1. The molecular weight excluding hydrogens is 274 g/mol. The van der Waals surface area contributed by atoms with Crippen LogP contribution in [0.1, 0.15) is 46.8 Å². The van der Waals surface area contributed by atoms with Crippen molar-refractivity contribution < 1.29 is 9.53 Å². The molecule has 5 nitrogen and oxygen atoms in total. The molecule has 0 unspecified atom stereocenters. The Hall–Kier alpha value is -1.14. The number of nitrogens with zero attached hydrogens (tertiary/aromatic N) is 2. The molecule has 20 heavy (non-hydrogen) atoms. The first-order chi connectivity index (χ1) is 9.63. The standard InChI is InChI=1S/C14H21N3O2S/c1-9-16-14(12(20-9)13(15)18)19-11-5-3-10(4-6-11)17-7-2-8-17/h10-11H,2-8H2,1H3,(H2,15,18). The Morgan fingerprint density at radius 1 is 1.35 bits per heavy atom. The number of hydrogen-bond donors (Lipinski definition) is 1. The third kappa shape index (κ3) is 2.81. The number of hydrogen-bond acceptors (Lipinski definition) is 5. The SMILES string of the molecule is Cc1nc(OC2CCC(N3CCC3)CC2)c(C(N)=O)s1. The number of carbonyl (C=O) groups excluding carboxylic acids is 1. The van der Waals surface area contributed by atoms with E-state index in [4.69, 9.17) is 10.5 Å². The highest BCUT2D eigenvalue weighted by molar-refractivity contribution is 7.13. The first-order valence-electron chi connectivity index (χ1n) is 7.31. The molecule has 0 aromatic carbocycles. The van der Waals surface area contributed by atoms with Gasteiger partial charge in [-0.25, -0.2) is 4.98 Å². The summed E-state index contributed by atoms with van der Waals surface area (Å²) < 4.78 is 5.93. The smallest absolute Gasteiger partial charge is 0.264 e. The number of rotatable bonds is 4. The van der Waals surface area contributed by atoms with Crippen molar-refractivity contribution >= 4 is 17.2 Å². The van der Waals surface area contributed by atoms with Crippen LogP contribution in [0.5, 0.6) is 5.88 Å². The Morgan fingerprint density at radius 2 is 2.05 bits per heavy atom. The molecule has 3 rings (SSSR count). The first-order valence-corrected chi connectivity index (χ1v) is 8.13.